The summed E-state index contributed by atoms with van der Waals surface area (Å²) in [7, 11) is 0. The number of nitrogens with one attached hydrogen (secondary N) is 2. The first-order valence-electron chi connectivity index (χ1n) is 6.72. The number of nitrogens with zero attached hydrogens (tertiary/aromatic N) is 2. The molecule has 1 aromatic carbocycles. The summed E-state index contributed by atoms with van der Waals surface area (Å²) < 4.78 is 5.51. The van der Waals surface area contributed by atoms with Gasteiger partial charge >= 0.3 is 0 Å². The van der Waals surface area contributed by atoms with Crippen LogP contribution in [0.4, 0.5) is 11.7 Å². The van der Waals surface area contributed by atoms with Crippen LogP contribution in [0, 0.1) is 16.0 Å². The number of rotatable bonds is 5. The average molecular weight is 276 g/mol. The van der Waals surface area contributed by atoms with Gasteiger partial charge in [-0.2, -0.15) is 4.98 Å². The van der Waals surface area contributed by atoms with Gasteiger partial charge in [-0.25, -0.2) is 0 Å². The van der Waals surface area contributed by atoms with Gasteiger partial charge in [0, 0.05) is 18.7 Å². The normalized spacial score (nSPS) is 18.5. The molecule has 0 saturated carbocycles. The smallest absolute Gasteiger partial charge is 0.295 e. The van der Waals surface area contributed by atoms with Gasteiger partial charge in [0.05, 0.1) is 4.92 Å². The number of nitro groups is 1. The van der Waals surface area contributed by atoms with Crippen LogP contribution in [0.25, 0.3) is 11.1 Å². The van der Waals surface area contributed by atoms with Crippen LogP contribution in [0.2, 0.25) is 0 Å². The quantitative estimate of drug-likeness (QED) is 0.642. The summed E-state index contributed by atoms with van der Waals surface area (Å²) in [5.41, 5.74) is 1.08. The number of benzene rings is 1. The summed E-state index contributed by atoms with van der Waals surface area (Å²) in [6.45, 7) is 2.96. The van der Waals surface area contributed by atoms with E-state index in [9.17, 15) is 10.1 Å². The molecule has 3 rings (SSSR count). The summed E-state index contributed by atoms with van der Waals surface area (Å²) in [6.07, 6.45) is 2.27. The highest BCUT2D eigenvalue weighted by Crippen LogP contribution is 2.23. The van der Waals surface area contributed by atoms with Gasteiger partial charge in [-0.1, -0.05) is 0 Å². The summed E-state index contributed by atoms with van der Waals surface area (Å²) in [4.78, 5) is 14.5. The number of nitro benzene ring substituents is 1. The van der Waals surface area contributed by atoms with Crippen molar-refractivity contribution in [2.24, 2.45) is 5.92 Å². The molecule has 0 spiro atoms. The highest BCUT2D eigenvalue weighted by molar-refractivity contribution is 5.77. The largest absolute Gasteiger partial charge is 0.424 e. The van der Waals surface area contributed by atoms with Crippen LogP contribution >= 0.6 is 0 Å². The van der Waals surface area contributed by atoms with Crippen LogP contribution in [0.15, 0.2) is 22.6 Å². The first-order valence-corrected chi connectivity index (χ1v) is 6.72. The maximum absolute atomic E-state index is 10.7. The van der Waals surface area contributed by atoms with E-state index in [-0.39, 0.29) is 5.69 Å². The Kier molecular flexibility index (Phi) is 3.51. The zero-order valence-electron chi connectivity index (χ0n) is 11.0. The third kappa shape index (κ3) is 2.72. The van der Waals surface area contributed by atoms with E-state index < -0.39 is 4.92 Å². The Balaban J connectivity index is 1.64. The van der Waals surface area contributed by atoms with Crippen molar-refractivity contribution in [2.45, 2.75) is 12.8 Å². The molecular formula is C13H16N4O3. The minimum absolute atomic E-state index is 0.0226. The van der Waals surface area contributed by atoms with Gasteiger partial charge in [-0.05, 0) is 37.9 Å². The molecule has 2 aromatic rings. The first-order chi connectivity index (χ1) is 9.72. The molecule has 2 heterocycles. The van der Waals surface area contributed by atoms with Gasteiger partial charge in [0.15, 0.2) is 5.58 Å². The molecule has 0 radical (unpaired) electrons. The molecule has 2 N–H and O–H groups in total. The zero-order chi connectivity index (χ0) is 13.9. The lowest BCUT2D eigenvalue weighted by molar-refractivity contribution is -0.384. The summed E-state index contributed by atoms with van der Waals surface area (Å²) in [5, 5.41) is 17.2. The molecule has 0 aliphatic carbocycles. The van der Waals surface area contributed by atoms with Crippen LogP contribution < -0.4 is 10.6 Å². The lowest BCUT2D eigenvalue weighted by Gasteiger charge is -2.07. The molecule has 7 nitrogen and oxygen atoms in total. The molecule has 1 saturated heterocycles. The first kappa shape index (κ1) is 12.9. The molecular weight excluding hydrogens is 260 g/mol. The summed E-state index contributed by atoms with van der Waals surface area (Å²) in [5.74, 6) is 0.702. The third-order valence-corrected chi connectivity index (χ3v) is 3.57. The van der Waals surface area contributed by atoms with Crippen LogP contribution in [-0.2, 0) is 0 Å². The van der Waals surface area contributed by atoms with E-state index in [2.05, 4.69) is 15.6 Å². The third-order valence-electron chi connectivity index (χ3n) is 3.57. The van der Waals surface area contributed by atoms with Crippen molar-refractivity contribution in [3.05, 3.63) is 28.3 Å². The highest BCUT2D eigenvalue weighted by Gasteiger charge is 2.15. The molecule has 7 heteroatoms. The van der Waals surface area contributed by atoms with E-state index in [1.807, 2.05) is 0 Å². The lowest BCUT2D eigenvalue weighted by Crippen LogP contribution is -2.12. The Morgan fingerprint density at radius 1 is 1.55 bits per heavy atom. The van der Waals surface area contributed by atoms with Gasteiger partial charge in [-0.15, -0.1) is 0 Å². The van der Waals surface area contributed by atoms with Crippen LogP contribution in [-0.4, -0.2) is 29.5 Å². The number of non-ortho nitro benzene ring substituents is 1. The van der Waals surface area contributed by atoms with E-state index in [0.717, 1.165) is 26.1 Å². The maximum atomic E-state index is 10.7. The highest BCUT2D eigenvalue weighted by atomic mass is 16.6. The Hall–Kier alpha value is -2.15. The Morgan fingerprint density at radius 3 is 3.20 bits per heavy atom. The van der Waals surface area contributed by atoms with E-state index in [1.165, 1.54) is 18.6 Å². The van der Waals surface area contributed by atoms with Crippen molar-refractivity contribution in [1.82, 2.24) is 10.3 Å². The fourth-order valence-electron chi connectivity index (χ4n) is 2.45. The minimum atomic E-state index is -0.436. The van der Waals surface area contributed by atoms with Crippen molar-refractivity contribution < 1.29 is 9.34 Å². The van der Waals surface area contributed by atoms with Crippen molar-refractivity contribution >= 4 is 22.8 Å². The maximum Gasteiger partial charge on any atom is 0.295 e. The fourth-order valence-corrected chi connectivity index (χ4v) is 2.45. The van der Waals surface area contributed by atoms with Gasteiger partial charge < -0.3 is 15.1 Å². The summed E-state index contributed by atoms with van der Waals surface area (Å²) in [6, 6.07) is 4.84. The molecule has 1 aromatic heterocycles. The number of hydrogen-bond donors (Lipinski definition) is 2. The molecule has 1 atom stereocenters. The van der Waals surface area contributed by atoms with E-state index in [4.69, 9.17) is 4.42 Å². The van der Waals surface area contributed by atoms with Crippen molar-refractivity contribution in [3.63, 3.8) is 0 Å². The Bertz CT molecular complexity index is 619. The number of anilines is 1. The Morgan fingerprint density at radius 2 is 2.45 bits per heavy atom. The molecule has 1 fully saturated rings. The van der Waals surface area contributed by atoms with E-state index >= 15 is 0 Å². The molecule has 1 aliphatic heterocycles. The Labute approximate surface area is 115 Å². The standard InChI is InChI=1S/C13H16N4O3/c18-17(19)10-1-2-12-11(7-10)16-13(20-12)15-6-4-9-3-5-14-8-9/h1-2,7,9,14H,3-6,8H2,(H,15,16). The molecule has 20 heavy (non-hydrogen) atoms. The van der Waals surface area contributed by atoms with Crippen LogP contribution in [0.3, 0.4) is 0 Å². The molecule has 1 aliphatic rings. The van der Waals surface area contributed by atoms with Crippen molar-refractivity contribution in [3.8, 4) is 0 Å². The van der Waals surface area contributed by atoms with Gasteiger partial charge in [-0.3, -0.25) is 10.1 Å². The molecule has 0 bridgehead atoms. The second-order valence-electron chi connectivity index (χ2n) is 5.00. The van der Waals surface area contributed by atoms with Gasteiger partial charge in [0.2, 0.25) is 0 Å². The van der Waals surface area contributed by atoms with Gasteiger partial charge in [0.1, 0.15) is 5.52 Å². The zero-order valence-corrected chi connectivity index (χ0v) is 11.0. The lowest BCUT2D eigenvalue weighted by atomic mass is 10.1. The number of fused-ring (bicyclic) bond motifs is 1. The topological polar surface area (TPSA) is 93.2 Å². The van der Waals surface area contributed by atoms with E-state index in [1.54, 1.807) is 6.07 Å². The van der Waals surface area contributed by atoms with E-state index in [0.29, 0.717) is 23.0 Å². The number of aromatic nitrogens is 1. The van der Waals surface area contributed by atoms with Crippen molar-refractivity contribution in [1.29, 1.82) is 0 Å². The molecule has 106 valence electrons. The summed E-state index contributed by atoms with van der Waals surface area (Å²) >= 11 is 0. The predicted molar refractivity (Wildman–Crippen MR) is 74.7 cm³/mol. The fraction of sp³-hybridized carbons (Fsp3) is 0.462. The monoisotopic (exact) mass is 276 g/mol. The van der Waals surface area contributed by atoms with Crippen LogP contribution in [0.5, 0.6) is 0 Å². The number of hydrogen-bond acceptors (Lipinski definition) is 6. The van der Waals surface area contributed by atoms with Crippen molar-refractivity contribution in [2.75, 3.05) is 25.0 Å². The minimum Gasteiger partial charge on any atom is -0.424 e. The van der Waals surface area contributed by atoms with Crippen LogP contribution in [0.1, 0.15) is 12.8 Å². The molecule has 1 unspecified atom stereocenters. The SMILES string of the molecule is O=[N+]([O-])c1ccc2oc(NCCC3CCNC3)nc2c1. The number of oxazole rings is 1. The van der Waals surface area contributed by atoms with Gasteiger partial charge in [0.25, 0.3) is 11.7 Å². The second-order valence-corrected chi connectivity index (χ2v) is 5.00. The molecule has 0 amide bonds. The predicted octanol–water partition coefficient (Wildman–Crippen LogP) is 2.15. The second kappa shape index (κ2) is 5.46. The average Bonchev–Trinajstić information content (AvgIpc) is 3.06.